The number of nitro groups is 1. The van der Waals surface area contributed by atoms with E-state index in [-0.39, 0.29) is 10.6 Å². The summed E-state index contributed by atoms with van der Waals surface area (Å²) in [4.78, 5) is 12.8. The van der Waals surface area contributed by atoms with Crippen molar-refractivity contribution in [3.63, 3.8) is 0 Å². The molecule has 8 heteroatoms. The molecule has 0 radical (unpaired) electrons. The Balaban J connectivity index is 1.93. The summed E-state index contributed by atoms with van der Waals surface area (Å²) in [7, 11) is -1.86. The summed E-state index contributed by atoms with van der Waals surface area (Å²) in [6, 6.07) is 4.58. The summed E-state index contributed by atoms with van der Waals surface area (Å²) in [5.41, 5.74) is 0.338. The molecule has 1 aromatic rings. The highest BCUT2D eigenvalue weighted by molar-refractivity contribution is 7.89. The third-order valence-electron chi connectivity index (χ3n) is 5.00. The van der Waals surface area contributed by atoms with E-state index in [1.807, 2.05) is 11.9 Å². The van der Waals surface area contributed by atoms with Crippen molar-refractivity contribution in [3.05, 3.63) is 28.3 Å². The van der Waals surface area contributed by atoms with Gasteiger partial charge in [0.25, 0.3) is 5.69 Å². The van der Waals surface area contributed by atoms with E-state index in [9.17, 15) is 18.5 Å². The van der Waals surface area contributed by atoms with Crippen LogP contribution in [0.1, 0.15) is 32.6 Å². The molecule has 1 aliphatic carbocycles. The van der Waals surface area contributed by atoms with Gasteiger partial charge in [0.1, 0.15) is 5.69 Å². The zero-order valence-electron chi connectivity index (χ0n) is 14.0. The molecular formula is C16H23N3O4S. The molecule has 1 saturated heterocycles. The van der Waals surface area contributed by atoms with Gasteiger partial charge in [-0.3, -0.25) is 10.1 Å². The molecule has 0 amide bonds. The van der Waals surface area contributed by atoms with Crippen LogP contribution in [0.2, 0.25) is 0 Å². The molecule has 0 spiro atoms. The van der Waals surface area contributed by atoms with E-state index in [4.69, 9.17) is 0 Å². The minimum Gasteiger partial charge on any atom is -0.366 e. The number of rotatable bonds is 5. The van der Waals surface area contributed by atoms with Crippen molar-refractivity contribution < 1.29 is 13.3 Å². The van der Waals surface area contributed by atoms with Gasteiger partial charge >= 0.3 is 0 Å². The van der Waals surface area contributed by atoms with E-state index in [1.54, 1.807) is 6.07 Å². The van der Waals surface area contributed by atoms with Crippen LogP contribution in [0.3, 0.4) is 0 Å². The van der Waals surface area contributed by atoms with Crippen LogP contribution in [0.5, 0.6) is 0 Å². The molecule has 0 N–H and O–H groups in total. The number of nitrogens with zero attached hydrogens (tertiary/aromatic N) is 3. The lowest BCUT2D eigenvalue weighted by molar-refractivity contribution is -0.384. The molecular weight excluding hydrogens is 330 g/mol. The van der Waals surface area contributed by atoms with Gasteiger partial charge in [-0.15, -0.1) is 0 Å². The monoisotopic (exact) mass is 353 g/mol. The van der Waals surface area contributed by atoms with Crippen LogP contribution in [-0.2, 0) is 10.0 Å². The molecule has 0 atom stereocenters. The third kappa shape index (κ3) is 3.25. The highest BCUT2D eigenvalue weighted by atomic mass is 32.2. The van der Waals surface area contributed by atoms with E-state index in [2.05, 4.69) is 6.92 Å². The average Bonchev–Trinajstić information content (AvgIpc) is 3.39. The fraction of sp³-hybridized carbons (Fsp3) is 0.625. The van der Waals surface area contributed by atoms with Crippen LogP contribution >= 0.6 is 0 Å². The molecule has 3 rings (SSSR count). The zero-order chi connectivity index (χ0) is 17.5. The summed E-state index contributed by atoms with van der Waals surface area (Å²) in [5, 5.41) is 11.4. The van der Waals surface area contributed by atoms with Crippen LogP contribution in [0.25, 0.3) is 0 Å². The van der Waals surface area contributed by atoms with E-state index >= 15 is 0 Å². The van der Waals surface area contributed by atoms with E-state index in [0.717, 1.165) is 25.7 Å². The van der Waals surface area contributed by atoms with E-state index in [1.165, 1.54) is 16.4 Å². The van der Waals surface area contributed by atoms with Gasteiger partial charge in [0.15, 0.2) is 0 Å². The lowest BCUT2D eigenvalue weighted by Crippen LogP contribution is -2.37. The van der Waals surface area contributed by atoms with Crippen molar-refractivity contribution in [3.8, 4) is 0 Å². The Morgan fingerprint density at radius 1 is 1.21 bits per heavy atom. The largest absolute Gasteiger partial charge is 0.366 e. The second-order valence-electron chi connectivity index (χ2n) is 6.84. The maximum Gasteiger partial charge on any atom is 0.293 e. The average molecular weight is 353 g/mol. The number of piperidine rings is 1. The Kier molecular flexibility index (Phi) is 4.52. The SMILES string of the molecule is CC1CCN(S(=O)(=O)c2ccc(N(C)C3CC3)c([N+](=O)[O-])c2)CC1. The molecule has 2 aliphatic rings. The first-order valence-corrected chi connectivity index (χ1v) is 9.76. The summed E-state index contributed by atoms with van der Waals surface area (Å²) < 4.78 is 27.0. The quantitative estimate of drug-likeness (QED) is 0.600. The molecule has 2 fully saturated rings. The lowest BCUT2D eigenvalue weighted by atomic mass is 10.0. The van der Waals surface area contributed by atoms with Gasteiger partial charge in [0.05, 0.1) is 9.82 Å². The number of hydrogen-bond donors (Lipinski definition) is 0. The second-order valence-corrected chi connectivity index (χ2v) is 8.77. The standard InChI is InChI=1S/C16H23N3O4S/c1-12-7-9-18(10-8-12)24(22,23)14-5-6-15(16(11-14)19(20)21)17(2)13-3-4-13/h5-6,11-13H,3-4,7-10H2,1-2H3. The topological polar surface area (TPSA) is 83.8 Å². The predicted molar refractivity (Wildman–Crippen MR) is 91.7 cm³/mol. The third-order valence-corrected chi connectivity index (χ3v) is 6.89. The second kappa shape index (κ2) is 6.33. The van der Waals surface area contributed by atoms with Crippen molar-refractivity contribution >= 4 is 21.4 Å². The van der Waals surface area contributed by atoms with Gasteiger partial charge in [-0.2, -0.15) is 4.31 Å². The molecule has 24 heavy (non-hydrogen) atoms. The minimum atomic E-state index is -3.68. The van der Waals surface area contributed by atoms with Gasteiger partial charge in [-0.25, -0.2) is 8.42 Å². The fourth-order valence-corrected chi connectivity index (χ4v) is 4.63. The first kappa shape index (κ1) is 17.2. The highest BCUT2D eigenvalue weighted by Gasteiger charge is 2.33. The number of sulfonamides is 1. The number of benzene rings is 1. The number of anilines is 1. The van der Waals surface area contributed by atoms with Crippen molar-refractivity contribution in [1.82, 2.24) is 4.31 Å². The maximum absolute atomic E-state index is 12.8. The normalized spacial score (nSPS) is 20.1. The van der Waals surface area contributed by atoms with Crippen LogP contribution in [0.4, 0.5) is 11.4 Å². The zero-order valence-corrected chi connectivity index (χ0v) is 14.8. The first-order valence-electron chi connectivity index (χ1n) is 8.32. The van der Waals surface area contributed by atoms with Crippen molar-refractivity contribution in [2.24, 2.45) is 5.92 Å². The Morgan fingerprint density at radius 2 is 1.83 bits per heavy atom. The van der Waals surface area contributed by atoms with Crippen molar-refractivity contribution in [1.29, 1.82) is 0 Å². The smallest absolute Gasteiger partial charge is 0.293 e. The molecule has 1 heterocycles. The Labute approximate surface area is 142 Å². The van der Waals surface area contributed by atoms with Crippen molar-refractivity contribution in [2.75, 3.05) is 25.0 Å². The maximum atomic E-state index is 12.8. The van der Waals surface area contributed by atoms with Gasteiger partial charge in [-0.05, 0) is 43.7 Å². The summed E-state index contributed by atoms with van der Waals surface area (Å²) in [5.74, 6) is 0.514. The number of hydrogen-bond acceptors (Lipinski definition) is 5. The Bertz CT molecular complexity index is 738. The van der Waals surface area contributed by atoms with Gasteiger partial charge in [0.2, 0.25) is 10.0 Å². The van der Waals surface area contributed by atoms with E-state index < -0.39 is 14.9 Å². The highest BCUT2D eigenvalue weighted by Crippen LogP contribution is 2.37. The summed E-state index contributed by atoms with van der Waals surface area (Å²) in [6.07, 6.45) is 3.67. The fourth-order valence-electron chi connectivity index (χ4n) is 3.14. The molecule has 0 aromatic heterocycles. The molecule has 0 bridgehead atoms. The van der Waals surface area contributed by atoms with Gasteiger partial charge in [-0.1, -0.05) is 6.92 Å². The Morgan fingerprint density at radius 3 is 2.38 bits per heavy atom. The summed E-state index contributed by atoms with van der Waals surface area (Å²) in [6.45, 7) is 3.05. The minimum absolute atomic E-state index is 0.0108. The molecule has 1 aromatic carbocycles. The van der Waals surface area contributed by atoms with Crippen LogP contribution < -0.4 is 4.90 Å². The molecule has 0 unspecified atom stereocenters. The molecule has 7 nitrogen and oxygen atoms in total. The first-order chi connectivity index (χ1) is 11.3. The Hall–Kier alpha value is -1.67. The summed E-state index contributed by atoms with van der Waals surface area (Å²) >= 11 is 0. The van der Waals surface area contributed by atoms with Crippen LogP contribution in [-0.4, -0.2) is 43.8 Å². The van der Waals surface area contributed by atoms with Gasteiger partial charge < -0.3 is 4.90 Å². The van der Waals surface area contributed by atoms with Crippen LogP contribution in [0.15, 0.2) is 23.1 Å². The molecule has 1 saturated carbocycles. The molecule has 1 aliphatic heterocycles. The predicted octanol–water partition coefficient (Wildman–Crippen LogP) is 2.61. The van der Waals surface area contributed by atoms with Crippen molar-refractivity contribution in [2.45, 2.75) is 43.5 Å². The molecule has 132 valence electrons. The van der Waals surface area contributed by atoms with E-state index in [0.29, 0.717) is 30.7 Å². The number of nitro benzene ring substituents is 1. The van der Waals surface area contributed by atoms with Gasteiger partial charge in [0, 0.05) is 32.2 Å². The lowest BCUT2D eigenvalue weighted by Gasteiger charge is -2.29. The van der Waals surface area contributed by atoms with Crippen LogP contribution in [0, 0.1) is 16.0 Å².